The van der Waals surface area contributed by atoms with Crippen LogP contribution in [0.1, 0.15) is 24.0 Å². The number of nitrogens with two attached hydrogens (primary N) is 1. The molecule has 1 unspecified atom stereocenters. The zero-order valence-corrected chi connectivity index (χ0v) is 10.6. The maximum absolute atomic E-state index is 9.37. The van der Waals surface area contributed by atoms with Crippen LogP contribution in [0, 0.1) is 19.8 Å². The summed E-state index contributed by atoms with van der Waals surface area (Å²) >= 11 is 0. The van der Waals surface area contributed by atoms with E-state index in [9.17, 15) is 5.11 Å². The Hall–Kier alpha value is -1.06. The molecule has 0 amide bonds. The van der Waals surface area contributed by atoms with E-state index in [1.807, 2.05) is 18.2 Å². The highest BCUT2D eigenvalue weighted by Gasteiger charge is 2.42. The van der Waals surface area contributed by atoms with Crippen molar-refractivity contribution in [3.63, 3.8) is 0 Å². The maximum Gasteiger partial charge on any atom is 0.119 e. The van der Waals surface area contributed by atoms with Crippen LogP contribution in [0.25, 0.3) is 0 Å². The first-order valence-corrected chi connectivity index (χ1v) is 6.15. The molecule has 1 fully saturated rings. The van der Waals surface area contributed by atoms with Crippen LogP contribution >= 0.6 is 0 Å². The van der Waals surface area contributed by atoms with Gasteiger partial charge in [0.25, 0.3) is 0 Å². The summed E-state index contributed by atoms with van der Waals surface area (Å²) in [5.41, 5.74) is 8.03. The van der Waals surface area contributed by atoms with Gasteiger partial charge in [0.2, 0.25) is 0 Å². The average molecular weight is 235 g/mol. The molecule has 3 nitrogen and oxygen atoms in total. The summed E-state index contributed by atoms with van der Waals surface area (Å²) < 4.78 is 5.71. The number of hydrogen-bond donors (Lipinski definition) is 2. The highest BCUT2D eigenvalue weighted by molar-refractivity contribution is 5.33. The number of ether oxygens (including phenoxy) is 1. The third-order valence-electron chi connectivity index (χ3n) is 3.67. The lowest BCUT2D eigenvalue weighted by Crippen LogP contribution is -2.51. The van der Waals surface area contributed by atoms with E-state index in [-0.39, 0.29) is 6.61 Å². The predicted molar refractivity (Wildman–Crippen MR) is 68.1 cm³/mol. The maximum atomic E-state index is 9.37. The number of aliphatic hydroxyl groups is 1. The third-order valence-corrected chi connectivity index (χ3v) is 3.67. The summed E-state index contributed by atoms with van der Waals surface area (Å²) in [6.07, 6.45) is 2.21. The van der Waals surface area contributed by atoms with Crippen LogP contribution in [0.3, 0.4) is 0 Å². The van der Waals surface area contributed by atoms with Gasteiger partial charge in [0.05, 0.1) is 12.1 Å². The Morgan fingerprint density at radius 2 is 2.06 bits per heavy atom. The average Bonchev–Trinajstić information content (AvgIpc) is 3.14. The molecule has 1 aromatic rings. The van der Waals surface area contributed by atoms with Gasteiger partial charge in [-0.25, -0.2) is 0 Å². The van der Waals surface area contributed by atoms with Crippen molar-refractivity contribution in [2.45, 2.75) is 32.2 Å². The summed E-state index contributed by atoms with van der Waals surface area (Å²) in [6, 6.07) is 6.01. The molecule has 0 bridgehead atoms. The Morgan fingerprint density at radius 3 is 2.59 bits per heavy atom. The summed E-state index contributed by atoms with van der Waals surface area (Å²) in [5, 5.41) is 9.37. The zero-order valence-electron chi connectivity index (χ0n) is 10.6. The standard InChI is InChI=1S/C14H21NO2/c1-10-3-6-13(7-11(10)2)17-9-14(15,8-16)12-4-5-12/h3,6-7,12,16H,4-5,8-9,15H2,1-2H3. The highest BCUT2D eigenvalue weighted by atomic mass is 16.5. The third kappa shape index (κ3) is 2.79. The minimum Gasteiger partial charge on any atom is -0.492 e. The largest absolute Gasteiger partial charge is 0.492 e. The summed E-state index contributed by atoms with van der Waals surface area (Å²) in [4.78, 5) is 0. The monoisotopic (exact) mass is 235 g/mol. The second-order valence-corrected chi connectivity index (χ2v) is 5.20. The van der Waals surface area contributed by atoms with Gasteiger partial charge >= 0.3 is 0 Å². The molecule has 3 heteroatoms. The topological polar surface area (TPSA) is 55.5 Å². The minimum atomic E-state index is -0.571. The fourth-order valence-corrected chi connectivity index (χ4v) is 1.97. The molecule has 0 heterocycles. The second-order valence-electron chi connectivity index (χ2n) is 5.20. The van der Waals surface area contributed by atoms with Crippen LogP contribution in [-0.4, -0.2) is 23.9 Å². The van der Waals surface area contributed by atoms with Gasteiger partial charge in [0, 0.05) is 0 Å². The molecule has 0 aliphatic heterocycles. The fourth-order valence-electron chi connectivity index (χ4n) is 1.97. The highest BCUT2D eigenvalue weighted by Crippen LogP contribution is 2.38. The van der Waals surface area contributed by atoms with Gasteiger partial charge in [-0.05, 0) is 55.9 Å². The van der Waals surface area contributed by atoms with Gasteiger partial charge in [0.1, 0.15) is 12.4 Å². The van der Waals surface area contributed by atoms with E-state index in [4.69, 9.17) is 10.5 Å². The molecule has 94 valence electrons. The molecule has 0 spiro atoms. The van der Waals surface area contributed by atoms with E-state index >= 15 is 0 Å². The zero-order chi connectivity index (χ0) is 12.5. The van der Waals surface area contributed by atoms with Crippen molar-refractivity contribution in [2.75, 3.05) is 13.2 Å². The van der Waals surface area contributed by atoms with Gasteiger partial charge in [-0.15, -0.1) is 0 Å². The van der Waals surface area contributed by atoms with Crippen LogP contribution in [0.4, 0.5) is 0 Å². The fraction of sp³-hybridized carbons (Fsp3) is 0.571. The lowest BCUT2D eigenvalue weighted by molar-refractivity contribution is 0.117. The Balaban J connectivity index is 1.98. The summed E-state index contributed by atoms with van der Waals surface area (Å²) in [5.74, 6) is 1.25. The molecule has 1 aromatic carbocycles. The van der Waals surface area contributed by atoms with Crippen molar-refractivity contribution in [3.8, 4) is 5.75 Å². The Labute approximate surface area is 103 Å². The van der Waals surface area contributed by atoms with Crippen molar-refractivity contribution in [3.05, 3.63) is 29.3 Å². The number of hydrogen-bond acceptors (Lipinski definition) is 3. The molecule has 2 rings (SSSR count). The Bertz CT molecular complexity index is 401. The first-order valence-electron chi connectivity index (χ1n) is 6.15. The molecular weight excluding hydrogens is 214 g/mol. The van der Waals surface area contributed by atoms with Gasteiger partial charge in [-0.3, -0.25) is 0 Å². The van der Waals surface area contributed by atoms with E-state index < -0.39 is 5.54 Å². The molecule has 1 atom stereocenters. The number of rotatable bonds is 5. The van der Waals surface area contributed by atoms with Gasteiger partial charge in [-0.2, -0.15) is 0 Å². The summed E-state index contributed by atoms with van der Waals surface area (Å²) in [6.45, 7) is 4.51. The van der Waals surface area contributed by atoms with E-state index in [1.54, 1.807) is 0 Å². The molecular formula is C14H21NO2. The van der Waals surface area contributed by atoms with Crippen molar-refractivity contribution in [1.29, 1.82) is 0 Å². The first kappa shape index (κ1) is 12.4. The van der Waals surface area contributed by atoms with Crippen LogP contribution in [0.15, 0.2) is 18.2 Å². The SMILES string of the molecule is Cc1ccc(OCC(N)(CO)C2CC2)cc1C. The second kappa shape index (κ2) is 4.67. The molecule has 3 N–H and O–H groups in total. The van der Waals surface area contributed by atoms with Crippen molar-refractivity contribution in [2.24, 2.45) is 11.7 Å². The molecule has 0 radical (unpaired) electrons. The van der Waals surface area contributed by atoms with E-state index in [0.717, 1.165) is 18.6 Å². The predicted octanol–water partition coefficient (Wildman–Crippen LogP) is 1.78. The normalized spacial score (nSPS) is 18.8. The van der Waals surface area contributed by atoms with Crippen LogP contribution < -0.4 is 10.5 Å². The minimum absolute atomic E-state index is 0.0114. The summed E-state index contributed by atoms with van der Waals surface area (Å²) in [7, 11) is 0. The van der Waals surface area contributed by atoms with Crippen molar-refractivity contribution >= 4 is 0 Å². The van der Waals surface area contributed by atoms with E-state index in [1.165, 1.54) is 11.1 Å². The quantitative estimate of drug-likeness (QED) is 0.818. The van der Waals surface area contributed by atoms with Crippen LogP contribution in [-0.2, 0) is 0 Å². The van der Waals surface area contributed by atoms with Gasteiger partial charge < -0.3 is 15.6 Å². The number of aryl methyl sites for hydroxylation is 2. The Morgan fingerprint density at radius 1 is 1.35 bits per heavy atom. The first-order chi connectivity index (χ1) is 8.05. The van der Waals surface area contributed by atoms with Crippen LogP contribution in [0.2, 0.25) is 0 Å². The number of aliphatic hydroxyl groups excluding tert-OH is 1. The number of benzene rings is 1. The Kier molecular flexibility index (Phi) is 3.40. The smallest absolute Gasteiger partial charge is 0.119 e. The van der Waals surface area contributed by atoms with Crippen molar-refractivity contribution in [1.82, 2.24) is 0 Å². The van der Waals surface area contributed by atoms with Gasteiger partial charge in [0.15, 0.2) is 0 Å². The van der Waals surface area contributed by atoms with E-state index in [2.05, 4.69) is 13.8 Å². The van der Waals surface area contributed by atoms with Crippen LogP contribution in [0.5, 0.6) is 5.75 Å². The lowest BCUT2D eigenvalue weighted by Gasteiger charge is -2.27. The molecule has 0 saturated heterocycles. The molecule has 1 saturated carbocycles. The molecule has 1 aliphatic rings. The molecule has 1 aliphatic carbocycles. The van der Waals surface area contributed by atoms with Gasteiger partial charge in [-0.1, -0.05) is 6.07 Å². The van der Waals surface area contributed by atoms with E-state index in [0.29, 0.717) is 12.5 Å². The lowest BCUT2D eigenvalue weighted by atomic mass is 9.97. The molecule has 0 aromatic heterocycles. The van der Waals surface area contributed by atoms with Crippen molar-refractivity contribution < 1.29 is 9.84 Å². The molecule has 17 heavy (non-hydrogen) atoms.